The summed E-state index contributed by atoms with van der Waals surface area (Å²) >= 11 is 0. The highest BCUT2D eigenvalue weighted by Gasteiger charge is 2.40. The average Bonchev–Trinajstić information content (AvgIpc) is 3.00. The molecule has 2 bridgehead atoms. The molecule has 0 radical (unpaired) electrons. The molecule has 0 aromatic heterocycles. The van der Waals surface area contributed by atoms with Crippen molar-refractivity contribution in [2.45, 2.75) is 31.7 Å². The zero-order chi connectivity index (χ0) is 13.4. The van der Waals surface area contributed by atoms with Crippen LogP contribution in [0.3, 0.4) is 0 Å². The standard InChI is InChI=1S/C15H18FNO2/c1-19-14-5-4-11(8-12(14)16)15(18)17-13-7-9-2-3-10(13)6-9/h4-5,8-10,13H,2-3,6-7H2,1H3,(H,17,18)/t9-,10-,13+/m1/s1. The lowest BCUT2D eigenvalue weighted by molar-refractivity contribution is 0.0922. The molecule has 4 heteroatoms. The number of ether oxygens (including phenoxy) is 1. The van der Waals surface area contributed by atoms with E-state index in [2.05, 4.69) is 5.32 Å². The lowest BCUT2D eigenvalue weighted by atomic mass is 9.95. The number of benzene rings is 1. The molecule has 0 heterocycles. The highest BCUT2D eigenvalue weighted by atomic mass is 19.1. The minimum absolute atomic E-state index is 0.163. The minimum Gasteiger partial charge on any atom is -0.494 e. The Morgan fingerprint density at radius 2 is 2.21 bits per heavy atom. The first kappa shape index (κ1) is 12.5. The van der Waals surface area contributed by atoms with E-state index in [1.165, 1.54) is 38.5 Å². The molecule has 3 rings (SSSR count). The molecular formula is C15H18FNO2. The average molecular weight is 263 g/mol. The van der Waals surface area contributed by atoms with E-state index in [1.54, 1.807) is 6.07 Å². The van der Waals surface area contributed by atoms with Crippen molar-refractivity contribution in [1.82, 2.24) is 5.32 Å². The third kappa shape index (κ3) is 2.31. The maximum absolute atomic E-state index is 13.6. The van der Waals surface area contributed by atoms with Gasteiger partial charge in [-0.2, -0.15) is 0 Å². The molecular weight excluding hydrogens is 245 g/mol. The number of methoxy groups -OCH3 is 1. The van der Waals surface area contributed by atoms with Gasteiger partial charge in [-0.05, 0) is 49.3 Å². The van der Waals surface area contributed by atoms with Gasteiger partial charge < -0.3 is 10.1 Å². The summed E-state index contributed by atoms with van der Waals surface area (Å²) in [7, 11) is 1.41. The van der Waals surface area contributed by atoms with Gasteiger partial charge in [-0.15, -0.1) is 0 Å². The van der Waals surface area contributed by atoms with Crippen molar-refractivity contribution >= 4 is 5.91 Å². The molecule has 0 aliphatic heterocycles. The third-order valence-corrected chi connectivity index (χ3v) is 4.47. The Morgan fingerprint density at radius 3 is 2.79 bits per heavy atom. The van der Waals surface area contributed by atoms with Crippen LogP contribution in [0.2, 0.25) is 0 Å². The number of carbonyl (C=O) groups excluding carboxylic acids is 1. The smallest absolute Gasteiger partial charge is 0.251 e. The Kier molecular flexibility index (Phi) is 3.17. The summed E-state index contributed by atoms with van der Waals surface area (Å²) in [4.78, 5) is 12.1. The Hall–Kier alpha value is -1.58. The predicted molar refractivity (Wildman–Crippen MR) is 69.7 cm³/mol. The summed E-state index contributed by atoms with van der Waals surface area (Å²) in [5.41, 5.74) is 0.362. The fraction of sp³-hybridized carbons (Fsp3) is 0.533. The van der Waals surface area contributed by atoms with Gasteiger partial charge in [-0.3, -0.25) is 4.79 Å². The molecule has 1 N–H and O–H groups in total. The Morgan fingerprint density at radius 1 is 1.37 bits per heavy atom. The monoisotopic (exact) mass is 263 g/mol. The van der Waals surface area contributed by atoms with E-state index in [0.29, 0.717) is 11.5 Å². The molecule has 3 atom stereocenters. The van der Waals surface area contributed by atoms with E-state index >= 15 is 0 Å². The Balaban J connectivity index is 1.69. The van der Waals surface area contributed by atoms with Crippen LogP contribution in [-0.4, -0.2) is 19.1 Å². The van der Waals surface area contributed by atoms with Gasteiger partial charge in [0.2, 0.25) is 0 Å². The highest BCUT2D eigenvalue weighted by molar-refractivity contribution is 5.94. The minimum atomic E-state index is -0.497. The molecule has 2 aliphatic rings. The maximum Gasteiger partial charge on any atom is 0.251 e. The molecule has 0 spiro atoms. The van der Waals surface area contributed by atoms with E-state index in [-0.39, 0.29) is 17.7 Å². The number of nitrogens with one attached hydrogen (secondary N) is 1. The molecule has 19 heavy (non-hydrogen) atoms. The molecule has 2 fully saturated rings. The zero-order valence-corrected chi connectivity index (χ0v) is 11.0. The summed E-state index contributed by atoms with van der Waals surface area (Å²) in [5.74, 6) is 0.888. The SMILES string of the molecule is COc1ccc(C(=O)N[C@H]2C[C@@H]3CC[C@@H]2C3)cc1F. The number of carbonyl (C=O) groups is 1. The van der Waals surface area contributed by atoms with Crippen molar-refractivity contribution in [3.8, 4) is 5.75 Å². The van der Waals surface area contributed by atoms with E-state index in [4.69, 9.17) is 4.74 Å². The van der Waals surface area contributed by atoms with Crippen molar-refractivity contribution in [1.29, 1.82) is 0 Å². The lowest BCUT2D eigenvalue weighted by Crippen LogP contribution is -2.38. The highest BCUT2D eigenvalue weighted by Crippen LogP contribution is 2.44. The van der Waals surface area contributed by atoms with E-state index in [9.17, 15) is 9.18 Å². The van der Waals surface area contributed by atoms with Crippen LogP contribution in [0.15, 0.2) is 18.2 Å². The second kappa shape index (κ2) is 4.83. The molecule has 2 aliphatic carbocycles. The largest absolute Gasteiger partial charge is 0.494 e. The summed E-state index contributed by atoms with van der Waals surface area (Å²) < 4.78 is 18.4. The normalized spacial score (nSPS) is 28.4. The number of rotatable bonds is 3. The number of amides is 1. The Bertz CT molecular complexity index is 503. The molecule has 1 aromatic carbocycles. The Labute approximate surface area is 112 Å². The summed E-state index contributed by atoms with van der Waals surface area (Å²) in [6.07, 6.45) is 4.83. The van der Waals surface area contributed by atoms with Crippen molar-refractivity contribution in [3.05, 3.63) is 29.6 Å². The van der Waals surface area contributed by atoms with Gasteiger partial charge in [0, 0.05) is 11.6 Å². The van der Waals surface area contributed by atoms with E-state index < -0.39 is 5.82 Å². The summed E-state index contributed by atoms with van der Waals surface area (Å²) in [6, 6.07) is 4.60. The van der Waals surface area contributed by atoms with Crippen LogP contribution in [0, 0.1) is 17.7 Å². The quantitative estimate of drug-likeness (QED) is 0.910. The lowest BCUT2D eigenvalue weighted by Gasteiger charge is -2.22. The van der Waals surface area contributed by atoms with Crippen LogP contribution in [0.1, 0.15) is 36.0 Å². The molecule has 1 amide bonds. The van der Waals surface area contributed by atoms with Crippen LogP contribution in [-0.2, 0) is 0 Å². The van der Waals surface area contributed by atoms with E-state index in [1.807, 2.05) is 0 Å². The van der Waals surface area contributed by atoms with E-state index in [0.717, 1.165) is 12.3 Å². The zero-order valence-electron chi connectivity index (χ0n) is 11.0. The molecule has 3 nitrogen and oxygen atoms in total. The fourth-order valence-corrected chi connectivity index (χ4v) is 3.48. The number of halogens is 1. The molecule has 0 unspecified atom stereocenters. The van der Waals surface area contributed by atoms with Crippen LogP contribution in [0.5, 0.6) is 5.75 Å². The third-order valence-electron chi connectivity index (χ3n) is 4.47. The number of fused-ring (bicyclic) bond motifs is 2. The van der Waals surface area contributed by atoms with Crippen molar-refractivity contribution in [2.24, 2.45) is 11.8 Å². The van der Waals surface area contributed by atoms with Crippen LogP contribution in [0.25, 0.3) is 0 Å². The van der Waals surface area contributed by atoms with Gasteiger partial charge in [0.25, 0.3) is 5.91 Å². The topological polar surface area (TPSA) is 38.3 Å². The first-order chi connectivity index (χ1) is 9.17. The van der Waals surface area contributed by atoms with Crippen LogP contribution >= 0.6 is 0 Å². The number of hydrogen-bond acceptors (Lipinski definition) is 2. The number of hydrogen-bond donors (Lipinski definition) is 1. The second-order valence-corrected chi connectivity index (χ2v) is 5.60. The summed E-state index contributed by atoms with van der Waals surface area (Å²) in [6.45, 7) is 0. The van der Waals surface area contributed by atoms with Gasteiger partial charge in [0.1, 0.15) is 0 Å². The van der Waals surface area contributed by atoms with Gasteiger partial charge in [-0.25, -0.2) is 4.39 Å². The first-order valence-corrected chi connectivity index (χ1v) is 6.82. The van der Waals surface area contributed by atoms with Gasteiger partial charge in [-0.1, -0.05) is 6.42 Å². The van der Waals surface area contributed by atoms with Crippen molar-refractivity contribution < 1.29 is 13.9 Å². The summed E-state index contributed by atoms with van der Waals surface area (Å²) in [5, 5.41) is 3.04. The van der Waals surface area contributed by atoms with Gasteiger partial charge >= 0.3 is 0 Å². The fourth-order valence-electron chi connectivity index (χ4n) is 3.48. The molecule has 102 valence electrons. The molecule has 2 saturated carbocycles. The van der Waals surface area contributed by atoms with Crippen LogP contribution in [0.4, 0.5) is 4.39 Å². The van der Waals surface area contributed by atoms with Crippen molar-refractivity contribution in [2.75, 3.05) is 7.11 Å². The second-order valence-electron chi connectivity index (χ2n) is 5.60. The first-order valence-electron chi connectivity index (χ1n) is 6.82. The van der Waals surface area contributed by atoms with Gasteiger partial charge in [0.05, 0.1) is 7.11 Å². The maximum atomic E-state index is 13.6. The van der Waals surface area contributed by atoms with Gasteiger partial charge in [0.15, 0.2) is 11.6 Å². The van der Waals surface area contributed by atoms with Crippen LogP contribution < -0.4 is 10.1 Å². The van der Waals surface area contributed by atoms with Crippen molar-refractivity contribution in [3.63, 3.8) is 0 Å². The molecule has 0 saturated heterocycles. The molecule has 1 aromatic rings. The predicted octanol–water partition coefficient (Wildman–Crippen LogP) is 2.75.